The SMILES string of the molecule is CCn1c(=O)n(-c2ccc(Oc3nc4ccccc4n3CC(=O)O)cc2)c2ncccc21. The van der Waals surface area contributed by atoms with Crippen LogP contribution in [0.15, 0.2) is 71.7 Å². The largest absolute Gasteiger partial charge is 0.480 e. The minimum absolute atomic E-state index is 0.168. The van der Waals surface area contributed by atoms with Crippen LogP contribution < -0.4 is 10.4 Å². The average molecular weight is 429 g/mol. The second-order valence-corrected chi connectivity index (χ2v) is 7.17. The molecule has 0 amide bonds. The zero-order valence-corrected chi connectivity index (χ0v) is 17.2. The molecule has 160 valence electrons. The number of para-hydroxylation sites is 2. The molecule has 3 heterocycles. The fourth-order valence-corrected chi connectivity index (χ4v) is 3.81. The van der Waals surface area contributed by atoms with Crippen LogP contribution in [0.2, 0.25) is 0 Å². The molecule has 5 aromatic rings. The molecule has 0 aliphatic carbocycles. The number of ether oxygens (including phenoxy) is 1. The van der Waals surface area contributed by atoms with E-state index in [9.17, 15) is 14.7 Å². The second kappa shape index (κ2) is 7.69. The standard InChI is InChI=1S/C23H19N5O4/c1-2-26-19-8-5-13-24-21(19)28(23(26)31)15-9-11-16(12-10-15)32-22-25-17-6-3-4-7-18(17)27(22)14-20(29)30/h3-13H,2,14H2,1H3,(H,29,30). The number of aromatic nitrogens is 5. The summed E-state index contributed by atoms with van der Waals surface area (Å²) in [5.74, 6) is -0.525. The maximum atomic E-state index is 12.9. The molecule has 0 fully saturated rings. The molecule has 5 rings (SSSR count). The van der Waals surface area contributed by atoms with Crippen molar-refractivity contribution in [2.75, 3.05) is 0 Å². The van der Waals surface area contributed by atoms with E-state index in [0.717, 1.165) is 5.52 Å². The molecular weight excluding hydrogens is 410 g/mol. The Labute approximate surface area is 181 Å². The summed E-state index contributed by atoms with van der Waals surface area (Å²) in [7, 11) is 0. The van der Waals surface area contributed by atoms with Crippen LogP contribution in [0.5, 0.6) is 11.8 Å². The Kier molecular flexibility index (Phi) is 4.70. The number of benzene rings is 2. The Bertz CT molecular complexity index is 1510. The van der Waals surface area contributed by atoms with Gasteiger partial charge in [0.15, 0.2) is 5.65 Å². The molecule has 0 saturated heterocycles. The van der Waals surface area contributed by atoms with Crippen LogP contribution in [0.1, 0.15) is 6.92 Å². The fraction of sp³-hybridized carbons (Fsp3) is 0.130. The van der Waals surface area contributed by atoms with Gasteiger partial charge in [-0.3, -0.25) is 13.9 Å². The number of imidazole rings is 2. The van der Waals surface area contributed by atoms with Crippen molar-refractivity contribution in [1.82, 2.24) is 23.7 Å². The van der Waals surface area contributed by atoms with Crippen molar-refractivity contribution in [3.63, 3.8) is 0 Å². The molecule has 0 spiro atoms. The van der Waals surface area contributed by atoms with Crippen molar-refractivity contribution in [3.8, 4) is 17.4 Å². The number of carboxylic acids is 1. The molecule has 0 radical (unpaired) electrons. The van der Waals surface area contributed by atoms with Gasteiger partial charge >= 0.3 is 17.7 Å². The van der Waals surface area contributed by atoms with Gasteiger partial charge in [-0.05, 0) is 55.5 Å². The third-order valence-corrected chi connectivity index (χ3v) is 5.22. The number of fused-ring (bicyclic) bond motifs is 2. The number of pyridine rings is 1. The lowest BCUT2D eigenvalue weighted by atomic mass is 10.3. The summed E-state index contributed by atoms with van der Waals surface area (Å²) in [5.41, 5.74) is 3.14. The predicted molar refractivity (Wildman–Crippen MR) is 118 cm³/mol. The minimum atomic E-state index is -0.993. The summed E-state index contributed by atoms with van der Waals surface area (Å²) in [6.45, 7) is 2.18. The van der Waals surface area contributed by atoms with Crippen LogP contribution in [0.4, 0.5) is 0 Å². The highest BCUT2D eigenvalue weighted by atomic mass is 16.5. The molecule has 2 aromatic carbocycles. The van der Waals surface area contributed by atoms with Gasteiger partial charge in [-0.25, -0.2) is 14.3 Å². The van der Waals surface area contributed by atoms with E-state index < -0.39 is 5.97 Å². The first-order valence-corrected chi connectivity index (χ1v) is 10.1. The van der Waals surface area contributed by atoms with Gasteiger partial charge in [0.2, 0.25) is 0 Å². The molecule has 0 unspecified atom stereocenters. The molecule has 0 aliphatic heterocycles. The lowest BCUT2D eigenvalue weighted by molar-refractivity contribution is -0.137. The van der Waals surface area contributed by atoms with E-state index >= 15 is 0 Å². The van der Waals surface area contributed by atoms with Crippen molar-refractivity contribution >= 4 is 28.2 Å². The Morgan fingerprint density at radius 2 is 1.75 bits per heavy atom. The molecular formula is C23H19N5O4. The van der Waals surface area contributed by atoms with E-state index in [1.54, 1.807) is 57.8 Å². The van der Waals surface area contributed by atoms with Gasteiger partial charge < -0.3 is 9.84 Å². The zero-order valence-electron chi connectivity index (χ0n) is 17.2. The van der Waals surface area contributed by atoms with E-state index in [2.05, 4.69) is 9.97 Å². The Balaban J connectivity index is 1.52. The third kappa shape index (κ3) is 3.20. The van der Waals surface area contributed by atoms with Crippen LogP contribution in [0.25, 0.3) is 27.9 Å². The van der Waals surface area contributed by atoms with Crippen molar-refractivity contribution in [2.45, 2.75) is 20.0 Å². The number of carboxylic acid groups (broad SMARTS) is 1. The molecule has 0 atom stereocenters. The van der Waals surface area contributed by atoms with Crippen molar-refractivity contribution in [2.24, 2.45) is 0 Å². The maximum Gasteiger partial charge on any atom is 0.334 e. The summed E-state index contributed by atoms with van der Waals surface area (Å²) >= 11 is 0. The normalized spacial score (nSPS) is 11.3. The molecule has 0 bridgehead atoms. The molecule has 3 aromatic heterocycles. The van der Waals surface area contributed by atoms with Crippen LogP contribution in [0.3, 0.4) is 0 Å². The first-order chi connectivity index (χ1) is 15.6. The highest BCUT2D eigenvalue weighted by molar-refractivity contribution is 5.79. The Morgan fingerprint density at radius 1 is 1.00 bits per heavy atom. The average Bonchev–Trinajstić information content (AvgIpc) is 3.28. The number of hydrogen-bond acceptors (Lipinski definition) is 5. The van der Waals surface area contributed by atoms with Gasteiger partial charge in [-0.2, -0.15) is 4.98 Å². The maximum absolute atomic E-state index is 12.9. The molecule has 0 saturated carbocycles. The summed E-state index contributed by atoms with van der Waals surface area (Å²) in [4.78, 5) is 33.1. The quantitative estimate of drug-likeness (QED) is 0.443. The number of rotatable bonds is 6. The van der Waals surface area contributed by atoms with Gasteiger partial charge in [0.1, 0.15) is 12.3 Å². The smallest absolute Gasteiger partial charge is 0.334 e. The van der Waals surface area contributed by atoms with Crippen LogP contribution >= 0.6 is 0 Å². The van der Waals surface area contributed by atoms with E-state index in [4.69, 9.17) is 4.74 Å². The van der Waals surface area contributed by atoms with Crippen LogP contribution in [-0.2, 0) is 17.9 Å². The van der Waals surface area contributed by atoms with Gasteiger partial charge in [0, 0.05) is 12.7 Å². The lowest BCUT2D eigenvalue weighted by Gasteiger charge is -2.09. The highest BCUT2D eigenvalue weighted by Crippen LogP contribution is 2.27. The van der Waals surface area contributed by atoms with Crippen molar-refractivity contribution in [1.29, 1.82) is 0 Å². The van der Waals surface area contributed by atoms with Gasteiger partial charge in [0.05, 0.1) is 22.2 Å². The third-order valence-electron chi connectivity index (χ3n) is 5.22. The second-order valence-electron chi connectivity index (χ2n) is 7.17. The van der Waals surface area contributed by atoms with E-state index in [1.807, 2.05) is 25.1 Å². The summed E-state index contributed by atoms with van der Waals surface area (Å²) in [6.07, 6.45) is 1.66. The molecule has 32 heavy (non-hydrogen) atoms. The zero-order chi connectivity index (χ0) is 22.2. The molecule has 9 heteroatoms. The summed E-state index contributed by atoms with van der Waals surface area (Å²) in [6, 6.07) is 18.0. The van der Waals surface area contributed by atoms with E-state index in [1.165, 1.54) is 4.57 Å². The van der Waals surface area contributed by atoms with E-state index in [-0.39, 0.29) is 18.2 Å². The Hall–Kier alpha value is -4.40. The number of carbonyl (C=O) groups is 1. The highest BCUT2D eigenvalue weighted by Gasteiger charge is 2.17. The minimum Gasteiger partial charge on any atom is -0.480 e. The monoisotopic (exact) mass is 429 g/mol. The molecule has 9 nitrogen and oxygen atoms in total. The summed E-state index contributed by atoms with van der Waals surface area (Å²) < 4.78 is 10.6. The van der Waals surface area contributed by atoms with E-state index in [0.29, 0.717) is 34.7 Å². The van der Waals surface area contributed by atoms with Crippen molar-refractivity contribution < 1.29 is 14.6 Å². The van der Waals surface area contributed by atoms with Crippen LogP contribution in [0, 0.1) is 0 Å². The number of hydrogen-bond donors (Lipinski definition) is 1. The first-order valence-electron chi connectivity index (χ1n) is 10.1. The first kappa shape index (κ1) is 19.6. The number of aryl methyl sites for hydroxylation is 1. The fourth-order valence-electron chi connectivity index (χ4n) is 3.81. The molecule has 1 N–H and O–H groups in total. The van der Waals surface area contributed by atoms with Gasteiger partial charge in [-0.15, -0.1) is 0 Å². The van der Waals surface area contributed by atoms with Gasteiger partial charge in [-0.1, -0.05) is 12.1 Å². The lowest BCUT2D eigenvalue weighted by Crippen LogP contribution is -2.22. The number of nitrogens with zero attached hydrogens (tertiary/aromatic N) is 5. The molecule has 0 aliphatic rings. The Morgan fingerprint density at radius 3 is 2.50 bits per heavy atom. The van der Waals surface area contributed by atoms with Crippen LogP contribution in [-0.4, -0.2) is 34.7 Å². The number of aliphatic carboxylic acids is 1. The van der Waals surface area contributed by atoms with Gasteiger partial charge in [0.25, 0.3) is 0 Å². The predicted octanol–water partition coefficient (Wildman–Crippen LogP) is 3.43. The van der Waals surface area contributed by atoms with Crippen molar-refractivity contribution in [3.05, 3.63) is 77.3 Å². The summed E-state index contributed by atoms with van der Waals surface area (Å²) in [5, 5.41) is 9.29. The topological polar surface area (TPSA) is 104 Å².